The normalized spacial score (nSPS) is 20.7. The summed E-state index contributed by atoms with van der Waals surface area (Å²) in [6, 6.07) is 7.41. The lowest BCUT2D eigenvalue weighted by atomic mass is 10.2. The standard InChI is InChI=1S/C22H21ClFN3O6S/c23-18-5-2-15(34-18)3-6-19(29)27-11-14(28)10-21(27)33-22(31)25-17-4-1-13(9-16(17)24)26-7-8-32-12-20(26)30/h1-6,9,14,21,28H,7-8,10-12H2,(H,25,31)/t14-,21-/m1/s1. The van der Waals surface area contributed by atoms with Gasteiger partial charge >= 0.3 is 6.09 Å². The highest BCUT2D eigenvalue weighted by atomic mass is 35.5. The summed E-state index contributed by atoms with van der Waals surface area (Å²) in [5.41, 5.74) is 0.194. The molecule has 1 aromatic heterocycles. The van der Waals surface area contributed by atoms with Crippen LogP contribution in [0, 0.1) is 5.82 Å². The van der Waals surface area contributed by atoms with Crippen LogP contribution in [0.5, 0.6) is 0 Å². The molecule has 12 heteroatoms. The second kappa shape index (κ2) is 10.5. The largest absolute Gasteiger partial charge is 0.425 e. The summed E-state index contributed by atoms with van der Waals surface area (Å²) in [6.07, 6.45) is 0.0375. The number of aliphatic hydroxyl groups is 1. The van der Waals surface area contributed by atoms with Crippen molar-refractivity contribution in [2.75, 3.05) is 36.5 Å². The van der Waals surface area contributed by atoms with Crippen LogP contribution in [0.25, 0.3) is 6.08 Å². The first kappa shape index (κ1) is 24.1. The number of anilines is 2. The number of ether oxygens (including phenoxy) is 2. The van der Waals surface area contributed by atoms with Gasteiger partial charge in [0.15, 0.2) is 6.23 Å². The molecule has 2 aromatic rings. The molecule has 4 rings (SSSR count). The van der Waals surface area contributed by atoms with Crippen LogP contribution in [0.3, 0.4) is 0 Å². The fourth-order valence-corrected chi connectivity index (χ4v) is 4.58. The van der Waals surface area contributed by atoms with Crippen LogP contribution in [0.15, 0.2) is 36.4 Å². The highest BCUT2D eigenvalue weighted by Crippen LogP contribution is 2.26. The molecule has 2 saturated heterocycles. The summed E-state index contributed by atoms with van der Waals surface area (Å²) < 4.78 is 25.5. The van der Waals surface area contributed by atoms with Gasteiger partial charge in [-0.25, -0.2) is 9.18 Å². The van der Waals surface area contributed by atoms with Gasteiger partial charge in [-0.3, -0.25) is 14.9 Å². The highest BCUT2D eigenvalue weighted by Gasteiger charge is 2.36. The van der Waals surface area contributed by atoms with E-state index >= 15 is 0 Å². The Kier molecular flexibility index (Phi) is 7.47. The van der Waals surface area contributed by atoms with Crippen LogP contribution in [0.2, 0.25) is 4.34 Å². The Labute approximate surface area is 203 Å². The Hall–Kier alpha value is -2.99. The lowest BCUT2D eigenvalue weighted by Gasteiger charge is -2.27. The van der Waals surface area contributed by atoms with Crippen molar-refractivity contribution in [3.05, 3.63) is 51.4 Å². The van der Waals surface area contributed by atoms with E-state index in [1.807, 2.05) is 0 Å². The van der Waals surface area contributed by atoms with Crippen LogP contribution < -0.4 is 10.2 Å². The molecule has 0 aliphatic carbocycles. The van der Waals surface area contributed by atoms with Crippen molar-refractivity contribution in [1.82, 2.24) is 4.90 Å². The van der Waals surface area contributed by atoms with Gasteiger partial charge in [-0.2, -0.15) is 0 Å². The minimum absolute atomic E-state index is 0.0110. The molecular formula is C22H21ClFN3O6S. The quantitative estimate of drug-likeness (QED) is 0.600. The third kappa shape index (κ3) is 5.73. The zero-order valence-corrected chi connectivity index (χ0v) is 19.4. The maximum absolute atomic E-state index is 14.6. The van der Waals surface area contributed by atoms with Crippen molar-refractivity contribution in [1.29, 1.82) is 0 Å². The fourth-order valence-electron chi connectivity index (χ4n) is 3.62. The van der Waals surface area contributed by atoms with Crippen LogP contribution in [-0.2, 0) is 19.1 Å². The van der Waals surface area contributed by atoms with E-state index in [9.17, 15) is 23.9 Å². The molecule has 0 radical (unpaired) electrons. The SMILES string of the molecule is O=C(Nc1ccc(N2CCOCC2=O)cc1F)O[C@@H]1C[C@@H](O)CN1C(=O)C=Cc1ccc(Cl)s1. The average Bonchev–Trinajstić information content (AvgIpc) is 3.38. The molecule has 0 bridgehead atoms. The first-order valence-electron chi connectivity index (χ1n) is 10.4. The summed E-state index contributed by atoms with van der Waals surface area (Å²) in [5, 5.41) is 12.3. The van der Waals surface area contributed by atoms with E-state index in [0.29, 0.717) is 23.2 Å². The number of hydrogen-bond acceptors (Lipinski definition) is 7. The number of aliphatic hydroxyl groups excluding tert-OH is 1. The first-order chi connectivity index (χ1) is 16.3. The number of β-amino-alcohol motifs (C(OH)–C–C–N with tert-alkyl or cyclic N) is 1. The number of benzene rings is 1. The molecule has 2 atom stereocenters. The van der Waals surface area contributed by atoms with Gasteiger partial charge in [0.05, 0.1) is 29.3 Å². The average molecular weight is 510 g/mol. The summed E-state index contributed by atoms with van der Waals surface area (Å²) >= 11 is 7.17. The number of likely N-dealkylation sites (tertiary alicyclic amines) is 1. The van der Waals surface area contributed by atoms with Crippen molar-refractivity contribution < 1.29 is 33.4 Å². The zero-order chi connectivity index (χ0) is 24.2. The second-order valence-electron chi connectivity index (χ2n) is 7.60. The van der Waals surface area contributed by atoms with Gasteiger partial charge in [0.25, 0.3) is 5.91 Å². The van der Waals surface area contributed by atoms with E-state index in [1.54, 1.807) is 18.2 Å². The molecule has 2 fully saturated rings. The lowest BCUT2D eigenvalue weighted by molar-refractivity contribution is -0.132. The molecule has 0 spiro atoms. The summed E-state index contributed by atoms with van der Waals surface area (Å²) in [6.45, 7) is 0.558. The molecule has 2 aliphatic rings. The van der Waals surface area contributed by atoms with Gasteiger partial charge in [-0.05, 0) is 36.4 Å². The van der Waals surface area contributed by atoms with Crippen LogP contribution >= 0.6 is 22.9 Å². The van der Waals surface area contributed by atoms with Gasteiger partial charge < -0.3 is 24.4 Å². The topological polar surface area (TPSA) is 108 Å². The summed E-state index contributed by atoms with van der Waals surface area (Å²) in [7, 11) is 0. The molecule has 9 nitrogen and oxygen atoms in total. The van der Waals surface area contributed by atoms with Crippen molar-refractivity contribution in [3.63, 3.8) is 0 Å². The number of carbonyl (C=O) groups is 3. The maximum atomic E-state index is 14.6. The first-order valence-corrected chi connectivity index (χ1v) is 11.6. The second-order valence-corrected chi connectivity index (χ2v) is 9.35. The van der Waals surface area contributed by atoms with Gasteiger partial charge in [-0.15, -0.1) is 11.3 Å². The highest BCUT2D eigenvalue weighted by molar-refractivity contribution is 7.17. The van der Waals surface area contributed by atoms with Crippen molar-refractivity contribution in [2.45, 2.75) is 18.8 Å². The molecule has 180 valence electrons. The number of nitrogens with zero attached hydrogens (tertiary/aromatic N) is 2. The van der Waals surface area contributed by atoms with Crippen molar-refractivity contribution >= 4 is 58.3 Å². The number of thiophene rings is 1. The molecule has 2 N–H and O–H groups in total. The molecular weight excluding hydrogens is 489 g/mol. The number of morpholine rings is 1. The van der Waals surface area contributed by atoms with E-state index in [-0.39, 0.29) is 31.2 Å². The van der Waals surface area contributed by atoms with E-state index in [1.165, 1.54) is 39.3 Å². The Morgan fingerprint density at radius 3 is 2.85 bits per heavy atom. The smallest absolute Gasteiger partial charge is 0.413 e. The van der Waals surface area contributed by atoms with E-state index in [0.717, 1.165) is 10.9 Å². The van der Waals surface area contributed by atoms with Crippen LogP contribution in [0.1, 0.15) is 11.3 Å². The zero-order valence-electron chi connectivity index (χ0n) is 17.8. The van der Waals surface area contributed by atoms with E-state index in [4.69, 9.17) is 21.1 Å². The third-order valence-corrected chi connectivity index (χ3v) is 6.42. The van der Waals surface area contributed by atoms with Gasteiger partial charge in [0, 0.05) is 29.6 Å². The Bertz CT molecular complexity index is 1130. The van der Waals surface area contributed by atoms with Crippen molar-refractivity contribution in [3.8, 4) is 0 Å². The molecule has 3 amide bonds. The molecule has 2 aliphatic heterocycles. The predicted molar refractivity (Wildman–Crippen MR) is 124 cm³/mol. The minimum Gasteiger partial charge on any atom is -0.425 e. The number of nitrogens with one attached hydrogen (secondary N) is 1. The van der Waals surface area contributed by atoms with E-state index in [2.05, 4.69) is 5.32 Å². The number of amides is 3. The van der Waals surface area contributed by atoms with Crippen LogP contribution in [0.4, 0.5) is 20.6 Å². The summed E-state index contributed by atoms with van der Waals surface area (Å²) in [5.74, 6) is -1.50. The third-order valence-electron chi connectivity index (χ3n) is 5.23. The maximum Gasteiger partial charge on any atom is 0.413 e. The van der Waals surface area contributed by atoms with Gasteiger partial charge in [0.2, 0.25) is 5.91 Å². The summed E-state index contributed by atoms with van der Waals surface area (Å²) in [4.78, 5) is 40.3. The van der Waals surface area contributed by atoms with Gasteiger partial charge in [-0.1, -0.05) is 11.6 Å². The number of hydrogen-bond donors (Lipinski definition) is 2. The minimum atomic E-state index is -1.02. The monoisotopic (exact) mass is 509 g/mol. The number of rotatable bonds is 5. The van der Waals surface area contributed by atoms with Crippen LogP contribution in [-0.4, -0.2) is 66.5 Å². The lowest BCUT2D eigenvalue weighted by Crippen LogP contribution is -2.41. The number of carbonyl (C=O) groups excluding carboxylic acids is 3. The van der Waals surface area contributed by atoms with Gasteiger partial charge in [0.1, 0.15) is 12.4 Å². The van der Waals surface area contributed by atoms with E-state index < -0.39 is 30.1 Å². The molecule has 34 heavy (non-hydrogen) atoms. The van der Waals surface area contributed by atoms with Crippen molar-refractivity contribution in [2.24, 2.45) is 0 Å². The molecule has 1 aromatic carbocycles. The fraction of sp³-hybridized carbons (Fsp3) is 0.318. The predicted octanol–water partition coefficient (Wildman–Crippen LogP) is 3.09. The molecule has 3 heterocycles. The molecule has 0 saturated carbocycles. The Morgan fingerprint density at radius 2 is 2.15 bits per heavy atom. The molecule has 0 unspecified atom stereocenters. The Balaban J connectivity index is 1.37. The Morgan fingerprint density at radius 1 is 1.32 bits per heavy atom. The number of halogens is 2.